The molecule has 96 valence electrons. The van der Waals surface area contributed by atoms with Crippen molar-refractivity contribution in [3.05, 3.63) is 24.0 Å². The van der Waals surface area contributed by atoms with Crippen molar-refractivity contribution in [2.45, 2.75) is 32.2 Å². The number of para-hydroxylation sites is 1. The molecule has 2 atom stereocenters. The molecule has 4 heteroatoms. The van der Waals surface area contributed by atoms with Crippen molar-refractivity contribution in [1.82, 2.24) is 0 Å². The normalized spacial score (nSPS) is 26.3. The van der Waals surface area contributed by atoms with E-state index in [-0.39, 0.29) is 17.8 Å². The number of benzene rings is 1. The number of piperidine rings is 1. The molecule has 0 aromatic heterocycles. The first-order chi connectivity index (χ1) is 8.70. The van der Waals surface area contributed by atoms with E-state index in [0.717, 1.165) is 31.5 Å². The van der Waals surface area contributed by atoms with Crippen LogP contribution in [0.15, 0.2) is 18.2 Å². The third kappa shape index (κ3) is 1.67. The number of halogens is 1. The largest absolute Gasteiger partial charge is 0.358 e. The molecule has 1 amide bonds. The van der Waals surface area contributed by atoms with Gasteiger partial charge < -0.3 is 10.2 Å². The van der Waals surface area contributed by atoms with E-state index >= 15 is 0 Å². The molecule has 0 aliphatic carbocycles. The first-order valence-electron chi connectivity index (χ1n) is 6.56. The SMILES string of the molecule is CCC1CCN2c3cccc(F)c3NC(=O)C2C1. The smallest absolute Gasteiger partial charge is 0.247 e. The molecule has 0 radical (unpaired) electrons. The zero-order chi connectivity index (χ0) is 12.7. The molecule has 2 unspecified atom stereocenters. The van der Waals surface area contributed by atoms with Crippen LogP contribution in [0, 0.1) is 11.7 Å². The molecule has 2 aliphatic rings. The van der Waals surface area contributed by atoms with Gasteiger partial charge in [-0.25, -0.2) is 4.39 Å². The summed E-state index contributed by atoms with van der Waals surface area (Å²) in [6.07, 6.45) is 3.06. The molecule has 1 saturated heterocycles. The standard InChI is InChI=1S/C14H17FN2O/c1-2-9-6-7-17-11-5-3-4-10(15)13(11)16-14(18)12(17)8-9/h3-5,9,12H,2,6-8H2,1H3,(H,16,18). The fraction of sp³-hybridized carbons (Fsp3) is 0.500. The lowest BCUT2D eigenvalue weighted by atomic mass is 9.87. The van der Waals surface area contributed by atoms with Gasteiger partial charge in [-0.3, -0.25) is 4.79 Å². The van der Waals surface area contributed by atoms with E-state index in [1.54, 1.807) is 6.07 Å². The molecule has 1 fully saturated rings. The van der Waals surface area contributed by atoms with Gasteiger partial charge in [0, 0.05) is 6.54 Å². The Kier molecular flexibility index (Phi) is 2.73. The highest BCUT2D eigenvalue weighted by Crippen LogP contribution is 2.39. The summed E-state index contributed by atoms with van der Waals surface area (Å²) in [7, 11) is 0. The Balaban J connectivity index is 1.98. The number of nitrogens with zero attached hydrogens (tertiary/aromatic N) is 1. The van der Waals surface area contributed by atoms with E-state index in [4.69, 9.17) is 0 Å². The number of hydrogen-bond acceptors (Lipinski definition) is 2. The number of carbonyl (C=O) groups is 1. The second-order valence-corrected chi connectivity index (χ2v) is 5.13. The highest BCUT2D eigenvalue weighted by molar-refractivity contribution is 6.03. The van der Waals surface area contributed by atoms with Gasteiger partial charge in [-0.15, -0.1) is 0 Å². The number of anilines is 2. The quantitative estimate of drug-likeness (QED) is 0.828. The van der Waals surface area contributed by atoms with Gasteiger partial charge >= 0.3 is 0 Å². The molecule has 2 aliphatic heterocycles. The van der Waals surface area contributed by atoms with Gasteiger partial charge in [0.2, 0.25) is 5.91 Å². The molecule has 18 heavy (non-hydrogen) atoms. The molecule has 2 heterocycles. The molecule has 0 spiro atoms. The number of fused-ring (bicyclic) bond motifs is 3. The number of carbonyl (C=O) groups excluding carboxylic acids is 1. The third-order valence-electron chi connectivity index (χ3n) is 4.14. The Morgan fingerprint density at radius 3 is 3.11 bits per heavy atom. The summed E-state index contributed by atoms with van der Waals surface area (Å²) in [5.74, 6) is 0.190. The van der Waals surface area contributed by atoms with Gasteiger partial charge in [0.1, 0.15) is 17.5 Å². The summed E-state index contributed by atoms with van der Waals surface area (Å²) >= 11 is 0. The van der Waals surface area contributed by atoms with Gasteiger partial charge in [-0.2, -0.15) is 0 Å². The summed E-state index contributed by atoms with van der Waals surface area (Å²) in [4.78, 5) is 14.1. The minimum absolute atomic E-state index is 0.0641. The lowest BCUT2D eigenvalue weighted by molar-refractivity contribution is -0.118. The summed E-state index contributed by atoms with van der Waals surface area (Å²) in [5.41, 5.74) is 1.17. The minimum Gasteiger partial charge on any atom is -0.358 e. The molecule has 1 aromatic rings. The van der Waals surface area contributed by atoms with Crippen molar-refractivity contribution in [2.75, 3.05) is 16.8 Å². The van der Waals surface area contributed by atoms with Crippen molar-refractivity contribution >= 4 is 17.3 Å². The Bertz CT molecular complexity index is 489. The second-order valence-electron chi connectivity index (χ2n) is 5.13. The molecule has 3 rings (SSSR count). The maximum Gasteiger partial charge on any atom is 0.247 e. The highest BCUT2D eigenvalue weighted by atomic mass is 19.1. The molecule has 0 saturated carbocycles. The topological polar surface area (TPSA) is 32.3 Å². The van der Waals surface area contributed by atoms with Crippen LogP contribution in [-0.2, 0) is 4.79 Å². The summed E-state index contributed by atoms with van der Waals surface area (Å²) in [6, 6.07) is 4.85. The fourth-order valence-electron chi connectivity index (χ4n) is 3.03. The van der Waals surface area contributed by atoms with Crippen LogP contribution in [0.5, 0.6) is 0 Å². The zero-order valence-electron chi connectivity index (χ0n) is 10.4. The third-order valence-corrected chi connectivity index (χ3v) is 4.14. The van der Waals surface area contributed by atoms with Gasteiger partial charge in [0.25, 0.3) is 0 Å². The number of nitrogens with one attached hydrogen (secondary N) is 1. The van der Waals surface area contributed by atoms with Crippen LogP contribution < -0.4 is 10.2 Å². The summed E-state index contributed by atoms with van der Waals surface area (Å²) in [5, 5.41) is 2.72. The van der Waals surface area contributed by atoms with E-state index in [0.29, 0.717) is 11.6 Å². The van der Waals surface area contributed by atoms with E-state index in [2.05, 4.69) is 17.1 Å². The Labute approximate surface area is 106 Å². The number of rotatable bonds is 1. The lowest BCUT2D eigenvalue weighted by Crippen LogP contribution is -2.52. The average molecular weight is 248 g/mol. The van der Waals surface area contributed by atoms with Crippen LogP contribution in [0.3, 0.4) is 0 Å². The molecular weight excluding hydrogens is 231 g/mol. The van der Waals surface area contributed by atoms with Crippen LogP contribution in [0.2, 0.25) is 0 Å². The minimum atomic E-state index is -0.350. The van der Waals surface area contributed by atoms with Gasteiger partial charge in [0.15, 0.2) is 0 Å². The lowest BCUT2D eigenvalue weighted by Gasteiger charge is -2.43. The van der Waals surface area contributed by atoms with Crippen molar-refractivity contribution in [3.63, 3.8) is 0 Å². The summed E-state index contributed by atoms with van der Waals surface area (Å²) in [6.45, 7) is 3.00. The van der Waals surface area contributed by atoms with Crippen LogP contribution >= 0.6 is 0 Å². The average Bonchev–Trinajstić information content (AvgIpc) is 2.40. The van der Waals surface area contributed by atoms with Crippen LogP contribution in [0.25, 0.3) is 0 Å². The predicted octanol–water partition coefficient (Wildman–Crippen LogP) is 2.77. The van der Waals surface area contributed by atoms with Crippen LogP contribution in [-0.4, -0.2) is 18.5 Å². The number of amides is 1. The molecule has 0 bridgehead atoms. The van der Waals surface area contributed by atoms with E-state index in [1.165, 1.54) is 6.07 Å². The van der Waals surface area contributed by atoms with Crippen LogP contribution in [0.4, 0.5) is 15.8 Å². The van der Waals surface area contributed by atoms with Gasteiger partial charge in [0.05, 0.1) is 5.69 Å². The predicted molar refractivity (Wildman–Crippen MR) is 69.2 cm³/mol. The Hall–Kier alpha value is -1.58. The van der Waals surface area contributed by atoms with E-state index in [1.807, 2.05) is 6.07 Å². The fourth-order valence-corrected chi connectivity index (χ4v) is 3.03. The monoisotopic (exact) mass is 248 g/mol. The maximum atomic E-state index is 13.7. The van der Waals surface area contributed by atoms with Crippen molar-refractivity contribution in [1.29, 1.82) is 0 Å². The molecule has 1 aromatic carbocycles. The van der Waals surface area contributed by atoms with Gasteiger partial charge in [-0.05, 0) is 30.9 Å². The summed E-state index contributed by atoms with van der Waals surface area (Å²) < 4.78 is 13.7. The molecular formula is C14H17FN2O. The Morgan fingerprint density at radius 2 is 2.33 bits per heavy atom. The van der Waals surface area contributed by atoms with Crippen molar-refractivity contribution < 1.29 is 9.18 Å². The second kappa shape index (κ2) is 4.26. The van der Waals surface area contributed by atoms with Gasteiger partial charge in [-0.1, -0.05) is 19.4 Å². The zero-order valence-corrected chi connectivity index (χ0v) is 10.4. The van der Waals surface area contributed by atoms with E-state index in [9.17, 15) is 9.18 Å². The number of hydrogen-bond donors (Lipinski definition) is 1. The Morgan fingerprint density at radius 1 is 1.50 bits per heavy atom. The molecule has 1 N–H and O–H groups in total. The van der Waals surface area contributed by atoms with E-state index < -0.39 is 0 Å². The highest BCUT2D eigenvalue weighted by Gasteiger charge is 2.38. The first-order valence-corrected chi connectivity index (χ1v) is 6.56. The van der Waals surface area contributed by atoms with Crippen molar-refractivity contribution in [2.24, 2.45) is 5.92 Å². The molecule has 3 nitrogen and oxygen atoms in total. The first kappa shape index (κ1) is 11.5. The maximum absolute atomic E-state index is 13.7. The van der Waals surface area contributed by atoms with Crippen LogP contribution in [0.1, 0.15) is 26.2 Å². The van der Waals surface area contributed by atoms with Crippen molar-refractivity contribution in [3.8, 4) is 0 Å².